The van der Waals surface area contributed by atoms with Gasteiger partial charge < -0.3 is 4.74 Å². The predicted octanol–water partition coefficient (Wildman–Crippen LogP) is 3.25. The highest BCUT2D eigenvalue weighted by atomic mass is 19.1. The third kappa shape index (κ3) is 1.35. The molecule has 2 aromatic rings. The molecule has 0 amide bonds. The molecule has 0 aliphatic heterocycles. The zero-order valence-corrected chi connectivity index (χ0v) is 9.26. The van der Waals surface area contributed by atoms with Gasteiger partial charge in [0.2, 0.25) is 0 Å². The fraction of sp³-hybridized carbons (Fsp3) is 0.143. The van der Waals surface area contributed by atoms with Crippen molar-refractivity contribution in [1.29, 1.82) is 0 Å². The summed E-state index contributed by atoms with van der Waals surface area (Å²) in [6, 6.07) is 7.82. The summed E-state index contributed by atoms with van der Waals surface area (Å²) < 4.78 is 32.6. The van der Waals surface area contributed by atoms with Crippen LogP contribution in [0.3, 0.4) is 0 Å². The van der Waals surface area contributed by atoms with E-state index in [0.717, 1.165) is 10.4 Å². The molecule has 1 nitrogen and oxygen atoms in total. The molecule has 0 fully saturated rings. The van der Waals surface area contributed by atoms with Crippen LogP contribution in [-0.2, 0) is 0 Å². The van der Waals surface area contributed by atoms with Crippen molar-refractivity contribution < 1.29 is 13.5 Å². The molecule has 0 atom stereocenters. The Kier molecular flexibility index (Phi) is 2.15. The van der Waals surface area contributed by atoms with Crippen LogP contribution in [0.25, 0.3) is 0 Å². The second kappa shape index (κ2) is 3.55. The minimum absolute atomic E-state index is 0.363. The first-order chi connectivity index (χ1) is 8.22. The van der Waals surface area contributed by atoms with Crippen LogP contribution in [0.15, 0.2) is 30.3 Å². The molecule has 0 saturated carbocycles. The van der Waals surface area contributed by atoms with Gasteiger partial charge in [0.15, 0.2) is 0 Å². The summed E-state index contributed by atoms with van der Waals surface area (Å²) in [7, 11) is 0. The van der Waals surface area contributed by atoms with E-state index in [9.17, 15) is 8.78 Å². The van der Waals surface area contributed by atoms with E-state index in [4.69, 9.17) is 4.74 Å². The number of rotatable bonds is 2. The van der Waals surface area contributed by atoms with Crippen molar-refractivity contribution in [2.45, 2.75) is 6.92 Å². The van der Waals surface area contributed by atoms with E-state index in [1.165, 1.54) is 12.1 Å². The summed E-state index contributed by atoms with van der Waals surface area (Å²) in [5.74, 6) is -0.319. The highest BCUT2D eigenvalue weighted by Gasteiger charge is 2.12. The lowest BCUT2D eigenvalue weighted by Gasteiger charge is -2.09. The standard InChI is InChI=1S/C14H10F2O/c1-2-17-8-6-10-9-4-3-5-11(15)13(9)14(10)12(16)7-8/h3-7H,2H2,1H3. The SMILES string of the molecule is CCOc1cc(F)c2c(c1)=c1cccc(F)c1=2. The molecule has 0 radical (unpaired) electrons. The molecule has 0 bridgehead atoms. The molecule has 86 valence electrons. The number of benzene rings is 2. The number of hydrogen-bond acceptors (Lipinski definition) is 1. The van der Waals surface area contributed by atoms with E-state index in [0.29, 0.717) is 22.8 Å². The average molecular weight is 232 g/mol. The van der Waals surface area contributed by atoms with Crippen LogP contribution in [0.1, 0.15) is 6.92 Å². The monoisotopic (exact) mass is 232 g/mol. The molecular weight excluding hydrogens is 222 g/mol. The van der Waals surface area contributed by atoms with Crippen molar-refractivity contribution in [2.24, 2.45) is 0 Å². The topological polar surface area (TPSA) is 9.23 Å². The molecule has 0 heterocycles. The minimum atomic E-state index is -0.427. The second-order valence-electron chi connectivity index (χ2n) is 3.92. The molecular formula is C14H10F2O. The van der Waals surface area contributed by atoms with E-state index < -0.39 is 5.82 Å². The van der Waals surface area contributed by atoms with Gasteiger partial charge in [-0.25, -0.2) is 8.78 Å². The molecule has 0 saturated heterocycles. The van der Waals surface area contributed by atoms with Crippen LogP contribution in [0.4, 0.5) is 8.78 Å². The molecule has 1 aliphatic carbocycles. The van der Waals surface area contributed by atoms with Gasteiger partial charge in [-0.3, -0.25) is 0 Å². The van der Waals surface area contributed by atoms with Crippen molar-refractivity contribution >= 4 is 0 Å². The van der Waals surface area contributed by atoms with E-state index in [2.05, 4.69) is 0 Å². The summed E-state index contributed by atoms with van der Waals surface area (Å²) in [6.45, 7) is 2.32. The Labute approximate surface area is 96.3 Å². The maximum atomic E-state index is 13.8. The first kappa shape index (κ1) is 10.3. The first-order valence-electron chi connectivity index (χ1n) is 5.48. The van der Waals surface area contributed by atoms with Gasteiger partial charge in [0.1, 0.15) is 17.4 Å². The summed E-state index contributed by atoms with van der Waals surface area (Å²) in [4.78, 5) is 0. The molecule has 3 rings (SSSR count). The van der Waals surface area contributed by atoms with Gasteiger partial charge in [0, 0.05) is 16.5 Å². The summed E-state index contributed by atoms with van der Waals surface area (Å²) in [6.07, 6.45) is 0. The first-order valence-corrected chi connectivity index (χ1v) is 5.48. The normalized spacial score (nSPS) is 11.5. The van der Waals surface area contributed by atoms with Gasteiger partial charge in [-0.2, -0.15) is 0 Å². The Morgan fingerprint density at radius 1 is 1.00 bits per heavy atom. The third-order valence-corrected chi connectivity index (χ3v) is 2.93. The van der Waals surface area contributed by atoms with Crippen molar-refractivity contribution in [1.82, 2.24) is 0 Å². The lowest BCUT2D eigenvalue weighted by atomic mass is 10.0. The van der Waals surface area contributed by atoms with Gasteiger partial charge in [0.05, 0.1) is 6.61 Å². The van der Waals surface area contributed by atoms with Crippen LogP contribution >= 0.6 is 0 Å². The average Bonchev–Trinajstić information content (AvgIpc) is 2.27. The molecule has 0 spiro atoms. The molecule has 3 heteroatoms. The van der Waals surface area contributed by atoms with Gasteiger partial charge in [-0.1, -0.05) is 12.1 Å². The van der Waals surface area contributed by atoms with Gasteiger partial charge >= 0.3 is 0 Å². The minimum Gasteiger partial charge on any atom is -0.494 e. The molecule has 2 aromatic carbocycles. The van der Waals surface area contributed by atoms with Crippen LogP contribution in [0.2, 0.25) is 0 Å². The number of fused-ring (bicyclic) bond motifs is 2. The second-order valence-corrected chi connectivity index (χ2v) is 3.92. The Balaban J connectivity index is 2.42. The molecule has 1 aliphatic rings. The molecule has 0 aromatic heterocycles. The maximum absolute atomic E-state index is 13.8. The Morgan fingerprint density at radius 2 is 1.76 bits per heavy atom. The Hall–Kier alpha value is -1.90. The van der Waals surface area contributed by atoms with Crippen molar-refractivity contribution in [3.05, 3.63) is 62.8 Å². The highest BCUT2D eigenvalue weighted by Crippen LogP contribution is 2.23. The highest BCUT2D eigenvalue weighted by molar-refractivity contribution is 5.36. The third-order valence-electron chi connectivity index (χ3n) is 2.93. The van der Waals surface area contributed by atoms with Crippen LogP contribution in [0.5, 0.6) is 5.75 Å². The lowest BCUT2D eigenvalue weighted by Crippen LogP contribution is -2.00. The number of ether oxygens (including phenoxy) is 1. The summed E-state index contributed by atoms with van der Waals surface area (Å²) in [5.41, 5.74) is 0. The van der Waals surface area contributed by atoms with Crippen molar-refractivity contribution in [2.75, 3.05) is 6.61 Å². The lowest BCUT2D eigenvalue weighted by molar-refractivity contribution is 0.337. The molecule has 0 N–H and O–H groups in total. The van der Waals surface area contributed by atoms with Crippen LogP contribution in [0, 0.1) is 32.5 Å². The van der Waals surface area contributed by atoms with E-state index in [-0.39, 0.29) is 5.82 Å². The fourth-order valence-electron chi connectivity index (χ4n) is 2.24. The van der Waals surface area contributed by atoms with E-state index >= 15 is 0 Å². The molecule has 17 heavy (non-hydrogen) atoms. The molecule has 0 unspecified atom stereocenters. The van der Waals surface area contributed by atoms with Gasteiger partial charge in [0.25, 0.3) is 0 Å². The van der Waals surface area contributed by atoms with Gasteiger partial charge in [-0.15, -0.1) is 0 Å². The zero-order valence-electron chi connectivity index (χ0n) is 9.26. The fourth-order valence-corrected chi connectivity index (χ4v) is 2.24. The van der Waals surface area contributed by atoms with Crippen LogP contribution in [-0.4, -0.2) is 6.61 Å². The van der Waals surface area contributed by atoms with Crippen molar-refractivity contribution in [3.8, 4) is 5.75 Å². The zero-order chi connectivity index (χ0) is 12.0. The van der Waals surface area contributed by atoms with E-state index in [1.807, 2.05) is 6.92 Å². The number of hydrogen-bond donors (Lipinski definition) is 0. The summed E-state index contributed by atoms with van der Waals surface area (Å²) in [5, 5.41) is 2.22. The van der Waals surface area contributed by atoms with E-state index in [1.54, 1.807) is 18.2 Å². The van der Waals surface area contributed by atoms with Crippen molar-refractivity contribution in [3.63, 3.8) is 0 Å². The maximum Gasteiger partial charge on any atom is 0.135 e. The number of halogens is 2. The Bertz CT molecular complexity index is 781. The van der Waals surface area contributed by atoms with Gasteiger partial charge in [-0.05, 0) is 29.5 Å². The Morgan fingerprint density at radius 3 is 2.53 bits per heavy atom. The smallest absolute Gasteiger partial charge is 0.135 e. The summed E-state index contributed by atoms with van der Waals surface area (Å²) >= 11 is 0. The largest absolute Gasteiger partial charge is 0.494 e. The quantitative estimate of drug-likeness (QED) is 0.659. The van der Waals surface area contributed by atoms with Crippen LogP contribution < -0.4 is 4.74 Å². The predicted molar refractivity (Wildman–Crippen MR) is 59.3 cm³/mol.